The van der Waals surface area contributed by atoms with Crippen LogP contribution in [-0.4, -0.2) is 37.1 Å². The van der Waals surface area contributed by atoms with Gasteiger partial charge in [-0.05, 0) is 46.7 Å². The minimum Gasteiger partial charge on any atom is -0.308 e. The van der Waals surface area contributed by atoms with Crippen LogP contribution in [0.3, 0.4) is 0 Å². The summed E-state index contributed by atoms with van der Waals surface area (Å²) in [5.41, 5.74) is 0.599. The van der Waals surface area contributed by atoms with E-state index in [4.69, 9.17) is 0 Å². The standard InChI is InChI=1S/C13H30N2/c1-11(9-15(7)8)14-13(5,6)10-12(2,3)4/h11,14H,9-10H2,1-8H3. The van der Waals surface area contributed by atoms with Gasteiger partial charge in [-0.3, -0.25) is 0 Å². The number of likely N-dealkylation sites (N-methyl/N-ethyl adjacent to an activating group) is 1. The lowest BCUT2D eigenvalue weighted by molar-refractivity contribution is 0.211. The normalized spacial score (nSPS) is 15.8. The molecule has 0 aromatic rings. The molecule has 0 amide bonds. The highest BCUT2D eigenvalue weighted by Gasteiger charge is 2.26. The summed E-state index contributed by atoms with van der Waals surface area (Å²) in [6.07, 6.45) is 1.19. The SMILES string of the molecule is CC(CN(C)C)NC(C)(C)CC(C)(C)C. The van der Waals surface area contributed by atoms with E-state index >= 15 is 0 Å². The molecule has 1 N–H and O–H groups in total. The Morgan fingerprint density at radius 1 is 1.07 bits per heavy atom. The third-order valence-corrected chi connectivity index (χ3v) is 2.25. The van der Waals surface area contributed by atoms with Crippen LogP contribution in [0.25, 0.3) is 0 Å². The van der Waals surface area contributed by atoms with Crippen LogP contribution in [0.2, 0.25) is 0 Å². The Hall–Kier alpha value is -0.0800. The molecule has 0 bridgehead atoms. The van der Waals surface area contributed by atoms with E-state index in [0.717, 1.165) is 6.54 Å². The fourth-order valence-electron chi connectivity index (χ4n) is 2.64. The first-order valence-electron chi connectivity index (χ1n) is 5.94. The van der Waals surface area contributed by atoms with Gasteiger partial charge in [0.25, 0.3) is 0 Å². The summed E-state index contributed by atoms with van der Waals surface area (Å²) in [4.78, 5) is 2.23. The predicted octanol–water partition coefficient (Wildman–Crippen LogP) is 2.74. The lowest BCUT2D eigenvalue weighted by Gasteiger charge is -2.36. The third-order valence-electron chi connectivity index (χ3n) is 2.25. The van der Waals surface area contributed by atoms with Gasteiger partial charge in [0.15, 0.2) is 0 Å². The van der Waals surface area contributed by atoms with Gasteiger partial charge in [-0.25, -0.2) is 0 Å². The lowest BCUT2D eigenvalue weighted by atomic mass is 9.81. The summed E-state index contributed by atoms with van der Waals surface area (Å²) < 4.78 is 0. The average molecular weight is 214 g/mol. The van der Waals surface area contributed by atoms with Crippen LogP contribution in [0.4, 0.5) is 0 Å². The highest BCUT2D eigenvalue weighted by molar-refractivity contribution is 4.85. The molecule has 92 valence electrons. The summed E-state index contributed by atoms with van der Waals surface area (Å²) in [7, 11) is 4.24. The molecular formula is C13H30N2. The van der Waals surface area contributed by atoms with E-state index in [-0.39, 0.29) is 5.54 Å². The number of hydrogen-bond donors (Lipinski definition) is 1. The van der Waals surface area contributed by atoms with Crippen molar-refractivity contribution in [2.45, 2.75) is 59.5 Å². The van der Waals surface area contributed by atoms with Crippen LogP contribution in [0.5, 0.6) is 0 Å². The molecule has 0 heterocycles. The Morgan fingerprint density at radius 3 is 1.87 bits per heavy atom. The van der Waals surface area contributed by atoms with Crippen molar-refractivity contribution in [1.82, 2.24) is 10.2 Å². The van der Waals surface area contributed by atoms with Gasteiger partial charge in [0.2, 0.25) is 0 Å². The molecule has 0 aliphatic carbocycles. The molecule has 1 atom stereocenters. The maximum absolute atomic E-state index is 3.70. The van der Waals surface area contributed by atoms with Gasteiger partial charge >= 0.3 is 0 Å². The molecule has 0 spiro atoms. The molecule has 0 rings (SSSR count). The van der Waals surface area contributed by atoms with E-state index < -0.39 is 0 Å². The largest absolute Gasteiger partial charge is 0.308 e. The van der Waals surface area contributed by atoms with Gasteiger partial charge in [0.05, 0.1) is 0 Å². The molecule has 15 heavy (non-hydrogen) atoms. The molecule has 0 aromatic carbocycles. The average Bonchev–Trinajstić information content (AvgIpc) is 1.73. The molecule has 0 aliphatic heterocycles. The first-order valence-corrected chi connectivity index (χ1v) is 5.94. The van der Waals surface area contributed by atoms with Crippen molar-refractivity contribution >= 4 is 0 Å². The summed E-state index contributed by atoms with van der Waals surface area (Å²) >= 11 is 0. The molecule has 0 saturated carbocycles. The predicted molar refractivity (Wildman–Crippen MR) is 69.3 cm³/mol. The van der Waals surface area contributed by atoms with Gasteiger partial charge in [-0.2, -0.15) is 0 Å². The summed E-state index contributed by atoms with van der Waals surface area (Å²) in [5.74, 6) is 0. The molecule has 0 aromatic heterocycles. The van der Waals surface area contributed by atoms with Crippen molar-refractivity contribution in [2.24, 2.45) is 5.41 Å². The van der Waals surface area contributed by atoms with Crippen molar-refractivity contribution in [1.29, 1.82) is 0 Å². The fraction of sp³-hybridized carbons (Fsp3) is 1.00. The zero-order chi connectivity index (χ0) is 12.3. The highest BCUT2D eigenvalue weighted by Crippen LogP contribution is 2.27. The van der Waals surface area contributed by atoms with Gasteiger partial charge < -0.3 is 10.2 Å². The van der Waals surface area contributed by atoms with E-state index in [2.05, 4.69) is 65.9 Å². The van der Waals surface area contributed by atoms with Crippen molar-refractivity contribution in [3.05, 3.63) is 0 Å². The summed E-state index contributed by atoms with van der Waals surface area (Å²) in [6.45, 7) is 14.8. The first kappa shape index (κ1) is 14.9. The van der Waals surface area contributed by atoms with E-state index in [0.29, 0.717) is 11.5 Å². The van der Waals surface area contributed by atoms with Crippen molar-refractivity contribution in [2.75, 3.05) is 20.6 Å². The molecule has 0 aliphatic rings. The van der Waals surface area contributed by atoms with Gasteiger partial charge in [0.1, 0.15) is 0 Å². The Bertz CT molecular complexity index is 177. The summed E-state index contributed by atoms with van der Waals surface area (Å²) in [6, 6.07) is 0.539. The number of hydrogen-bond acceptors (Lipinski definition) is 2. The Morgan fingerprint density at radius 2 is 1.53 bits per heavy atom. The second-order valence-electron chi connectivity index (χ2n) is 6.93. The first-order chi connectivity index (χ1) is 6.52. The number of nitrogens with one attached hydrogen (secondary N) is 1. The fourth-order valence-corrected chi connectivity index (χ4v) is 2.64. The Balaban J connectivity index is 4.13. The van der Waals surface area contributed by atoms with Gasteiger partial charge in [0, 0.05) is 18.1 Å². The quantitative estimate of drug-likeness (QED) is 0.757. The van der Waals surface area contributed by atoms with Crippen LogP contribution in [0.15, 0.2) is 0 Å². The van der Waals surface area contributed by atoms with Gasteiger partial charge in [-0.1, -0.05) is 20.8 Å². The second-order valence-corrected chi connectivity index (χ2v) is 6.93. The zero-order valence-electron chi connectivity index (χ0n) is 11.9. The molecule has 0 radical (unpaired) electrons. The van der Waals surface area contributed by atoms with E-state index in [1.54, 1.807) is 0 Å². The Kier molecular flexibility index (Phi) is 5.28. The van der Waals surface area contributed by atoms with Crippen molar-refractivity contribution in [3.63, 3.8) is 0 Å². The maximum Gasteiger partial charge on any atom is 0.0171 e. The third kappa shape index (κ3) is 8.88. The number of rotatable bonds is 5. The van der Waals surface area contributed by atoms with Crippen LogP contribution in [0.1, 0.15) is 48.0 Å². The van der Waals surface area contributed by atoms with E-state index in [1.807, 2.05) is 0 Å². The van der Waals surface area contributed by atoms with Crippen LogP contribution < -0.4 is 5.32 Å². The van der Waals surface area contributed by atoms with Gasteiger partial charge in [-0.15, -0.1) is 0 Å². The summed E-state index contributed by atoms with van der Waals surface area (Å²) in [5, 5.41) is 3.70. The van der Waals surface area contributed by atoms with Crippen molar-refractivity contribution < 1.29 is 0 Å². The second kappa shape index (κ2) is 5.31. The molecular weight excluding hydrogens is 184 g/mol. The lowest BCUT2D eigenvalue weighted by Crippen LogP contribution is -2.49. The molecule has 0 saturated heterocycles. The molecule has 1 unspecified atom stereocenters. The van der Waals surface area contributed by atoms with Crippen LogP contribution >= 0.6 is 0 Å². The molecule has 0 fully saturated rings. The van der Waals surface area contributed by atoms with Crippen molar-refractivity contribution in [3.8, 4) is 0 Å². The number of nitrogens with zero attached hydrogens (tertiary/aromatic N) is 1. The van der Waals surface area contributed by atoms with Crippen LogP contribution in [0, 0.1) is 5.41 Å². The monoisotopic (exact) mass is 214 g/mol. The van der Waals surface area contributed by atoms with E-state index in [1.165, 1.54) is 6.42 Å². The Labute approximate surface area is 96.4 Å². The molecule has 2 nitrogen and oxygen atoms in total. The van der Waals surface area contributed by atoms with E-state index in [9.17, 15) is 0 Å². The zero-order valence-corrected chi connectivity index (χ0v) is 11.9. The smallest absolute Gasteiger partial charge is 0.0171 e. The minimum absolute atomic E-state index is 0.216. The minimum atomic E-state index is 0.216. The van der Waals surface area contributed by atoms with Crippen LogP contribution in [-0.2, 0) is 0 Å². The maximum atomic E-state index is 3.70. The molecule has 2 heteroatoms. The topological polar surface area (TPSA) is 15.3 Å². The highest BCUT2D eigenvalue weighted by atomic mass is 15.1.